The van der Waals surface area contributed by atoms with Crippen molar-refractivity contribution in [2.24, 2.45) is 11.8 Å². The Morgan fingerprint density at radius 2 is 1.06 bits per heavy atom. The van der Waals surface area contributed by atoms with Gasteiger partial charge in [0.05, 0.1) is 101 Å². The van der Waals surface area contributed by atoms with Crippen LogP contribution in [0.25, 0.3) is 33.1 Å². The van der Waals surface area contributed by atoms with E-state index in [0.29, 0.717) is 19.4 Å². The molecule has 0 spiro atoms. The molecule has 3 aliphatic carbocycles. The van der Waals surface area contributed by atoms with Crippen molar-refractivity contribution < 1.29 is 43.3 Å². The molecule has 566 valence electrons. The number of nitrogens with zero attached hydrogens (tertiary/aromatic N) is 15. The lowest BCUT2D eigenvalue weighted by molar-refractivity contribution is -0.143. The van der Waals surface area contributed by atoms with Crippen LogP contribution in [0.3, 0.4) is 0 Å². The molecule has 0 bridgehead atoms. The minimum Gasteiger partial charge on any atom is -0.481 e. The number of Topliss-reactive ketones (excluding diaryl/α,β-unsaturated/α-hetero) is 1. The first kappa shape index (κ1) is 74.4. The summed E-state index contributed by atoms with van der Waals surface area (Å²) >= 11 is 0. The molecule has 9 heterocycles. The Balaban J connectivity index is 0.000000136. The number of carboxylic acids is 1. The van der Waals surface area contributed by atoms with Crippen LogP contribution in [0.1, 0.15) is 186 Å². The maximum absolute atomic E-state index is 12.7. The van der Waals surface area contributed by atoms with E-state index in [1.807, 2.05) is 54.3 Å². The van der Waals surface area contributed by atoms with Gasteiger partial charge in [0.15, 0.2) is 0 Å². The Bertz CT molecular complexity index is 4880. The molecule has 2 fully saturated rings. The van der Waals surface area contributed by atoms with E-state index < -0.39 is 5.97 Å². The number of rotatable bonds is 17. The first-order valence-electron chi connectivity index (χ1n) is 38.8. The number of aryl methyl sites for hydroxylation is 9. The standard InChI is InChI=1S/C30H37N5O3.C28H33N3O4.C25H30N8O2/c1-18-11-12-23-26(34(18)30(37)38-3)13-14-27-29(23)33-28(35(27)22-8-6-7-20(15-22)19(2)36)16-21-17-31-24-9-4-5-10-25(24)32-21;1-18-11-13-22-23(30(18)28(34)35-2)14-15-24-26(22)29-25(16-12-19-7-4-3-5-8-19)31(24)21-10-6-9-20(17-21)27(32)33;1-18-5-6-19-20(33(18)25(34)35-2)7-8-21-24(19)30-23(9-15-31-14-4-12-29-31)32(21)16-13-26-17-22-27-10-3-11-28-22/h13-14,17-18,20,22H,4-12,15-16H2,1-3H3;3-5,7-8,14-15,18,20-21H,6,9-13,16-17H2,1-2H3,(H,32,33);3-4,7-8,10-12,14,18,26H,5-6,9,13,15-17H2,1-2H3/t18-,20+,22+;18-,20+,21-;18-/m000/s1. The quantitative estimate of drug-likeness (QED) is 0.0633. The molecule has 6 aromatic heterocycles. The number of ether oxygens (including phenoxy) is 3. The molecular formula is C83H100N16O9. The Labute approximate surface area is 629 Å². The number of anilines is 3. The average Bonchev–Trinajstić information content (AvgIpc) is 1.57. The fourth-order valence-corrected chi connectivity index (χ4v) is 17.5. The van der Waals surface area contributed by atoms with Gasteiger partial charge < -0.3 is 38.3 Å². The number of carbonyl (C=O) groups is 5. The van der Waals surface area contributed by atoms with Gasteiger partial charge in [0.1, 0.15) is 29.1 Å². The van der Waals surface area contributed by atoms with Crippen molar-refractivity contribution in [3.05, 3.63) is 172 Å². The van der Waals surface area contributed by atoms with Crippen LogP contribution in [0, 0.1) is 11.8 Å². The minimum atomic E-state index is -0.704. The zero-order valence-corrected chi connectivity index (χ0v) is 63.2. The number of hydrogen-bond acceptors (Lipinski definition) is 17. The Morgan fingerprint density at radius 1 is 0.519 bits per heavy atom. The number of fused-ring (bicyclic) bond motifs is 10. The molecular weight excluding hydrogens is 1370 g/mol. The van der Waals surface area contributed by atoms with Gasteiger partial charge in [-0.15, -0.1) is 0 Å². The van der Waals surface area contributed by atoms with Gasteiger partial charge in [-0.05, 0) is 191 Å². The van der Waals surface area contributed by atoms with Gasteiger partial charge in [0.2, 0.25) is 0 Å². The first-order valence-corrected chi connectivity index (χ1v) is 38.8. The van der Waals surface area contributed by atoms with E-state index in [1.54, 1.807) is 40.2 Å². The summed E-state index contributed by atoms with van der Waals surface area (Å²) in [5.74, 6) is 3.09. The monoisotopic (exact) mass is 1460 g/mol. The number of imidazole rings is 3. The van der Waals surface area contributed by atoms with Crippen LogP contribution in [0.2, 0.25) is 0 Å². The number of nitrogens with one attached hydrogen (secondary N) is 1. The number of aromatic nitrogens is 12. The molecule has 4 aromatic carbocycles. The Morgan fingerprint density at radius 3 is 1.62 bits per heavy atom. The van der Waals surface area contributed by atoms with E-state index in [-0.39, 0.29) is 66.1 Å². The zero-order valence-electron chi connectivity index (χ0n) is 63.2. The molecule has 16 rings (SSSR count). The predicted molar refractivity (Wildman–Crippen MR) is 413 cm³/mol. The second-order valence-electron chi connectivity index (χ2n) is 29.9. The van der Waals surface area contributed by atoms with Crippen molar-refractivity contribution in [1.82, 2.24) is 63.7 Å². The molecule has 0 radical (unpaired) electrons. The third kappa shape index (κ3) is 15.7. The smallest absolute Gasteiger partial charge is 0.414 e. The molecule has 2 N–H and O–H groups in total. The molecule has 25 heteroatoms. The molecule has 6 aliphatic rings. The van der Waals surface area contributed by atoms with E-state index in [0.717, 1.165) is 242 Å². The summed E-state index contributed by atoms with van der Waals surface area (Å²) in [5, 5.41) is 17.5. The molecule has 0 saturated heterocycles. The summed E-state index contributed by atoms with van der Waals surface area (Å²) in [5.41, 5.74) is 16.5. The van der Waals surface area contributed by atoms with Crippen molar-refractivity contribution in [2.75, 3.05) is 42.6 Å². The van der Waals surface area contributed by atoms with Crippen LogP contribution in [-0.2, 0) is 101 Å². The van der Waals surface area contributed by atoms with Crippen LogP contribution < -0.4 is 20.0 Å². The molecule has 7 atom stereocenters. The van der Waals surface area contributed by atoms with Crippen molar-refractivity contribution >= 4 is 80.2 Å². The summed E-state index contributed by atoms with van der Waals surface area (Å²) in [6.45, 7) is 10.7. The van der Waals surface area contributed by atoms with Gasteiger partial charge in [-0.2, -0.15) is 5.10 Å². The van der Waals surface area contributed by atoms with Crippen LogP contribution in [-0.4, -0.2) is 140 Å². The number of carbonyl (C=O) groups excluding carboxylic acids is 4. The van der Waals surface area contributed by atoms with E-state index >= 15 is 0 Å². The van der Waals surface area contributed by atoms with Crippen molar-refractivity contribution in [3.63, 3.8) is 0 Å². The summed E-state index contributed by atoms with van der Waals surface area (Å²) in [4.78, 5) is 101. The zero-order chi connectivity index (χ0) is 75.1. The third-order valence-corrected chi connectivity index (χ3v) is 23.1. The summed E-state index contributed by atoms with van der Waals surface area (Å²) in [7, 11) is 4.28. The second kappa shape index (κ2) is 33.4. The minimum absolute atomic E-state index is 0.0571. The van der Waals surface area contributed by atoms with Crippen molar-refractivity contribution in [3.8, 4) is 0 Å². The SMILES string of the molecule is COC(=O)N1c2ccc3c(nc(CCc4ccccc4)n3[C@H]3CCC[C@@H](C(=O)O)C3)c2CC[C@@H]1C.COC(=O)N1c2ccc3c(nc(CCn4cccn4)n3CCNCc3ncccn3)c2CC[C@@H]1C.COC(=O)N1c2ccc3c(nc(Cc4cnc5c(n4)CCCC5)n3[C@@H]3CCC[C@@H](C(C)=O)C3)c2CC[C@@H]1C. The maximum atomic E-state index is 12.7. The van der Waals surface area contributed by atoms with Gasteiger partial charge in [-0.3, -0.25) is 38.9 Å². The number of hydrogen-bond donors (Lipinski definition) is 2. The Kier molecular flexibility index (Phi) is 23.0. The van der Waals surface area contributed by atoms with Crippen LogP contribution in [0.5, 0.6) is 0 Å². The molecule has 3 amide bonds. The fourth-order valence-electron chi connectivity index (χ4n) is 17.5. The highest BCUT2D eigenvalue weighted by Gasteiger charge is 2.38. The Hall–Kier alpha value is -10.4. The molecule has 25 nitrogen and oxygen atoms in total. The lowest BCUT2D eigenvalue weighted by Crippen LogP contribution is -2.42. The lowest BCUT2D eigenvalue weighted by atomic mass is 9.83. The first-order chi connectivity index (χ1) is 52.6. The maximum Gasteiger partial charge on any atom is 0.414 e. The van der Waals surface area contributed by atoms with E-state index in [2.05, 4.69) is 96.5 Å². The second-order valence-corrected chi connectivity index (χ2v) is 29.9. The summed E-state index contributed by atoms with van der Waals surface area (Å²) < 4.78 is 24.2. The molecule has 2 saturated carbocycles. The van der Waals surface area contributed by atoms with Gasteiger partial charge in [0.25, 0.3) is 0 Å². The van der Waals surface area contributed by atoms with E-state index in [1.165, 1.54) is 39.7 Å². The normalized spacial score (nSPS) is 20.3. The number of benzene rings is 4. The highest BCUT2D eigenvalue weighted by molar-refractivity contribution is 5.98. The molecule has 0 unspecified atom stereocenters. The van der Waals surface area contributed by atoms with Gasteiger partial charge in [-0.25, -0.2) is 39.3 Å². The fraction of sp³-hybridized carbons (Fsp3) is 0.482. The van der Waals surface area contributed by atoms with Crippen LogP contribution in [0.15, 0.2) is 110 Å². The molecule has 3 aliphatic heterocycles. The summed E-state index contributed by atoms with van der Waals surface area (Å²) in [6, 6.07) is 27.0. The van der Waals surface area contributed by atoms with Crippen molar-refractivity contribution in [2.45, 2.75) is 219 Å². The van der Waals surface area contributed by atoms with Crippen LogP contribution in [0.4, 0.5) is 31.4 Å². The predicted octanol–water partition coefficient (Wildman–Crippen LogP) is 14.0. The van der Waals surface area contributed by atoms with Gasteiger partial charge in [-0.1, -0.05) is 43.2 Å². The van der Waals surface area contributed by atoms with Gasteiger partial charge in [0, 0.05) is 123 Å². The number of methoxy groups -OCH3 is 3. The van der Waals surface area contributed by atoms with Crippen molar-refractivity contribution in [1.29, 1.82) is 0 Å². The summed E-state index contributed by atoms with van der Waals surface area (Å²) in [6.07, 6.45) is 27.7. The van der Waals surface area contributed by atoms with Gasteiger partial charge >= 0.3 is 24.2 Å². The highest BCUT2D eigenvalue weighted by atomic mass is 16.6. The lowest BCUT2D eigenvalue weighted by Gasteiger charge is -2.34. The van der Waals surface area contributed by atoms with E-state index in [9.17, 15) is 29.1 Å². The number of aliphatic carboxylic acids is 1. The number of ketones is 1. The third-order valence-electron chi connectivity index (χ3n) is 23.1. The largest absolute Gasteiger partial charge is 0.481 e. The highest BCUT2D eigenvalue weighted by Crippen LogP contribution is 2.44. The molecule has 108 heavy (non-hydrogen) atoms. The van der Waals surface area contributed by atoms with Crippen LogP contribution >= 0.6 is 0 Å². The molecule has 10 aromatic rings. The van der Waals surface area contributed by atoms with E-state index in [4.69, 9.17) is 39.1 Å². The number of amides is 3. The number of carboxylic acid groups (broad SMARTS) is 1. The average molecular weight is 1470 g/mol. The topological polar surface area (TPSA) is 278 Å².